The van der Waals surface area contributed by atoms with Crippen molar-refractivity contribution < 1.29 is 4.79 Å². The third kappa shape index (κ3) is 4.58. The van der Waals surface area contributed by atoms with Gasteiger partial charge in [0.05, 0.1) is 11.3 Å². The zero-order valence-electron chi connectivity index (χ0n) is 13.8. The Labute approximate surface area is 151 Å². The molecule has 0 spiro atoms. The van der Waals surface area contributed by atoms with Crippen LogP contribution in [0.3, 0.4) is 0 Å². The number of rotatable bonds is 5. The van der Waals surface area contributed by atoms with Crippen molar-refractivity contribution in [1.82, 2.24) is 4.98 Å². The quantitative estimate of drug-likeness (QED) is 0.686. The lowest BCUT2D eigenvalue weighted by molar-refractivity contribution is 0.102. The van der Waals surface area contributed by atoms with Crippen molar-refractivity contribution in [3.63, 3.8) is 0 Å². The van der Waals surface area contributed by atoms with Gasteiger partial charge in [0.2, 0.25) is 0 Å². The van der Waals surface area contributed by atoms with E-state index >= 15 is 0 Å². The summed E-state index contributed by atoms with van der Waals surface area (Å²) in [5, 5.41) is 6.77. The van der Waals surface area contributed by atoms with Crippen molar-refractivity contribution in [1.29, 1.82) is 0 Å². The number of nitrogens with zero attached hydrogens (tertiary/aromatic N) is 1. The van der Waals surface area contributed by atoms with Crippen LogP contribution in [0.1, 0.15) is 21.5 Å². The molecule has 3 aromatic rings. The number of pyridine rings is 1. The first-order valence-corrected chi connectivity index (χ1v) is 8.30. The van der Waals surface area contributed by atoms with Crippen LogP contribution in [0.2, 0.25) is 5.02 Å². The van der Waals surface area contributed by atoms with Crippen LogP contribution in [0.5, 0.6) is 0 Å². The van der Waals surface area contributed by atoms with E-state index in [0.717, 1.165) is 5.69 Å². The molecule has 0 bridgehead atoms. The van der Waals surface area contributed by atoms with Crippen LogP contribution in [0.15, 0.2) is 67.0 Å². The SMILES string of the molecule is Cc1ccccc1CNc1cncc(C(=O)Nc2ccc(Cl)cc2)c1. The maximum absolute atomic E-state index is 12.4. The Hall–Kier alpha value is -2.85. The van der Waals surface area contributed by atoms with E-state index in [-0.39, 0.29) is 5.91 Å². The Morgan fingerprint density at radius 3 is 2.56 bits per heavy atom. The Morgan fingerprint density at radius 1 is 1.04 bits per heavy atom. The standard InChI is InChI=1S/C20H18ClN3O/c1-14-4-2-3-5-15(14)12-23-19-10-16(11-22-13-19)20(25)24-18-8-6-17(21)7-9-18/h2-11,13,23H,12H2,1H3,(H,24,25). The summed E-state index contributed by atoms with van der Waals surface area (Å²) in [5.74, 6) is -0.214. The summed E-state index contributed by atoms with van der Waals surface area (Å²) in [7, 11) is 0. The lowest BCUT2D eigenvalue weighted by Gasteiger charge is -2.10. The molecule has 0 unspecified atom stereocenters. The molecule has 0 saturated carbocycles. The van der Waals surface area contributed by atoms with Gasteiger partial charge in [-0.25, -0.2) is 0 Å². The average molecular weight is 352 g/mol. The van der Waals surface area contributed by atoms with Crippen LogP contribution >= 0.6 is 11.6 Å². The molecule has 2 N–H and O–H groups in total. The number of nitrogens with one attached hydrogen (secondary N) is 2. The van der Waals surface area contributed by atoms with Crippen molar-refractivity contribution in [3.05, 3.63) is 88.7 Å². The van der Waals surface area contributed by atoms with Crippen LogP contribution in [0.4, 0.5) is 11.4 Å². The largest absolute Gasteiger partial charge is 0.380 e. The highest BCUT2D eigenvalue weighted by atomic mass is 35.5. The maximum atomic E-state index is 12.4. The molecule has 25 heavy (non-hydrogen) atoms. The van der Waals surface area contributed by atoms with Crippen molar-refractivity contribution in [2.75, 3.05) is 10.6 Å². The molecule has 126 valence electrons. The number of aryl methyl sites for hydroxylation is 1. The lowest BCUT2D eigenvalue weighted by atomic mass is 10.1. The van der Waals surface area contributed by atoms with E-state index in [2.05, 4.69) is 34.7 Å². The van der Waals surface area contributed by atoms with Crippen LogP contribution in [0.25, 0.3) is 0 Å². The third-order valence-corrected chi connectivity index (χ3v) is 4.10. The van der Waals surface area contributed by atoms with E-state index in [0.29, 0.717) is 22.8 Å². The van der Waals surface area contributed by atoms with E-state index < -0.39 is 0 Å². The highest BCUT2D eigenvalue weighted by Crippen LogP contribution is 2.16. The number of amides is 1. The minimum Gasteiger partial charge on any atom is -0.380 e. The van der Waals surface area contributed by atoms with Crippen molar-refractivity contribution in [2.45, 2.75) is 13.5 Å². The van der Waals surface area contributed by atoms with Gasteiger partial charge in [0.15, 0.2) is 0 Å². The number of halogens is 1. The molecule has 2 aromatic carbocycles. The van der Waals surface area contributed by atoms with E-state index in [1.54, 1.807) is 42.7 Å². The van der Waals surface area contributed by atoms with Crippen LogP contribution < -0.4 is 10.6 Å². The van der Waals surface area contributed by atoms with Gasteiger partial charge < -0.3 is 10.6 Å². The van der Waals surface area contributed by atoms with Gasteiger partial charge >= 0.3 is 0 Å². The summed E-state index contributed by atoms with van der Waals surface area (Å²) in [6.45, 7) is 2.75. The summed E-state index contributed by atoms with van der Waals surface area (Å²) >= 11 is 5.85. The van der Waals surface area contributed by atoms with E-state index in [1.807, 2.05) is 12.1 Å². The van der Waals surface area contributed by atoms with Crippen LogP contribution in [-0.4, -0.2) is 10.9 Å². The summed E-state index contributed by atoms with van der Waals surface area (Å²) in [4.78, 5) is 16.5. The first-order chi connectivity index (χ1) is 12.1. The number of carbonyl (C=O) groups is 1. The zero-order valence-corrected chi connectivity index (χ0v) is 14.5. The smallest absolute Gasteiger partial charge is 0.257 e. The topological polar surface area (TPSA) is 54.0 Å². The van der Waals surface area contributed by atoms with E-state index in [4.69, 9.17) is 11.6 Å². The second-order valence-electron chi connectivity index (χ2n) is 5.70. The molecule has 1 aromatic heterocycles. The van der Waals surface area contributed by atoms with E-state index in [9.17, 15) is 4.79 Å². The van der Waals surface area contributed by atoms with Crippen molar-refractivity contribution >= 4 is 28.9 Å². The molecule has 4 nitrogen and oxygen atoms in total. The molecule has 0 aliphatic rings. The molecule has 0 radical (unpaired) electrons. The van der Waals surface area contributed by atoms with Gasteiger partial charge in [-0.05, 0) is 48.4 Å². The van der Waals surface area contributed by atoms with Gasteiger partial charge in [-0.2, -0.15) is 0 Å². The summed E-state index contributed by atoms with van der Waals surface area (Å²) in [6, 6.07) is 16.9. The van der Waals surface area contributed by atoms with Gasteiger partial charge in [0.25, 0.3) is 5.91 Å². The Bertz CT molecular complexity index is 878. The summed E-state index contributed by atoms with van der Waals surface area (Å²) in [6.07, 6.45) is 3.25. The fourth-order valence-corrected chi connectivity index (χ4v) is 2.53. The number of carbonyl (C=O) groups excluding carboxylic acids is 1. The van der Waals surface area contributed by atoms with Gasteiger partial charge in [0, 0.05) is 29.6 Å². The fourth-order valence-electron chi connectivity index (χ4n) is 2.40. The maximum Gasteiger partial charge on any atom is 0.257 e. The van der Waals surface area contributed by atoms with Gasteiger partial charge in [-0.3, -0.25) is 9.78 Å². The number of benzene rings is 2. The number of aromatic nitrogens is 1. The molecule has 0 saturated heterocycles. The molecule has 1 amide bonds. The molecular formula is C20H18ClN3O. The monoisotopic (exact) mass is 351 g/mol. The minimum absolute atomic E-state index is 0.214. The summed E-state index contributed by atoms with van der Waals surface area (Å²) < 4.78 is 0. The Morgan fingerprint density at radius 2 is 1.80 bits per heavy atom. The van der Waals surface area contributed by atoms with Gasteiger partial charge in [-0.15, -0.1) is 0 Å². The second kappa shape index (κ2) is 7.81. The molecule has 0 atom stereocenters. The fraction of sp³-hybridized carbons (Fsp3) is 0.100. The molecular weight excluding hydrogens is 334 g/mol. The van der Waals surface area contributed by atoms with Crippen LogP contribution in [0, 0.1) is 6.92 Å². The molecule has 0 fully saturated rings. The number of anilines is 2. The van der Waals surface area contributed by atoms with Crippen molar-refractivity contribution in [2.24, 2.45) is 0 Å². The highest BCUT2D eigenvalue weighted by molar-refractivity contribution is 6.30. The first kappa shape index (κ1) is 17.0. The molecule has 0 aliphatic heterocycles. The Kier molecular flexibility index (Phi) is 5.31. The molecule has 5 heteroatoms. The first-order valence-electron chi connectivity index (χ1n) is 7.92. The predicted molar refractivity (Wildman–Crippen MR) is 102 cm³/mol. The normalized spacial score (nSPS) is 10.3. The summed E-state index contributed by atoms with van der Waals surface area (Å²) in [5.41, 5.74) is 4.41. The van der Waals surface area contributed by atoms with Crippen LogP contribution in [-0.2, 0) is 6.54 Å². The lowest BCUT2D eigenvalue weighted by Crippen LogP contribution is -2.12. The highest BCUT2D eigenvalue weighted by Gasteiger charge is 2.08. The average Bonchev–Trinajstić information content (AvgIpc) is 2.63. The minimum atomic E-state index is -0.214. The predicted octanol–water partition coefficient (Wildman–Crippen LogP) is 4.91. The molecule has 3 rings (SSSR count). The number of hydrogen-bond donors (Lipinski definition) is 2. The van der Waals surface area contributed by atoms with Crippen molar-refractivity contribution in [3.8, 4) is 0 Å². The third-order valence-electron chi connectivity index (χ3n) is 3.85. The zero-order chi connectivity index (χ0) is 17.6. The number of hydrogen-bond acceptors (Lipinski definition) is 3. The molecule has 1 heterocycles. The second-order valence-corrected chi connectivity index (χ2v) is 6.14. The Balaban J connectivity index is 1.67. The van der Waals surface area contributed by atoms with E-state index in [1.165, 1.54) is 11.1 Å². The molecule has 0 aliphatic carbocycles. The van der Waals surface area contributed by atoms with Gasteiger partial charge in [-0.1, -0.05) is 35.9 Å². The van der Waals surface area contributed by atoms with Gasteiger partial charge in [0.1, 0.15) is 0 Å².